The maximum atomic E-state index is 12.2. The molecule has 0 aromatic carbocycles. The van der Waals surface area contributed by atoms with Crippen molar-refractivity contribution in [3.63, 3.8) is 0 Å². The van der Waals surface area contributed by atoms with Crippen LogP contribution in [0.15, 0.2) is 0 Å². The summed E-state index contributed by atoms with van der Waals surface area (Å²) in [6, 6.07) is 0. The summed E-state index contributed by atoms with van der Waals surface area (Å²) < 4.78 is 3.61. The highest BCUT2D eigenvalue weighted by molar-refractivity contribution is 5.90. The van der Waals surface area contributed by atoms with Crippen molar-refractivity contribution in [3.8, 4) is 0 Å². The van der Waals surface area contributed by atoms with E-state index in [0.29, 0.717) is 12.8 Å². The van der Waals surface area contributed by atoms with Crippen molar-refractivity contribution in [1.29, 1.82) is 0 Å². The summed E-state index contributed by atoms with van der Waals surface area (Å²) in [7, 11) is 3.79. The molecule has 22 heavy (non-hydrogen) atoms. The third-order valence-electron chi connectivity index (χ3n) is 4.24. The van der Waals surface area contributed by atoms with Gasteiger partial charge in [0.05, 0.1) is 11.4 Å². The number of nitrogens with one attached hydrogen (secondary N) is 1. The number of carbonyl (C=O) groups excluding carboxylic acids is 1. The molecule has 2 aromatic heterocycles. The lowest BCUT2D eigenvalue weighted by Gasteiger charge is -2.07. The largest absolute Gasteiger partial charge is 0.311 e. The first kappa shape index (κ1) is 16.3. The van der Waals surface area contributed by atoms with Gasteiger partial charge in [-0.05, 0) is 39.2 Å². The van der Waals surface area contributed by atoms with Crippen LogP contribution in [0.4, 0.5) is 5.82 Å². The van der Waals surface area contributed by atoms with Gasteiger partial charge < -0.3 is 5.32 Å². The molecule has 0 atom stereocenters. The normalized spacial score (nSPS) is 11.0. The van der Waals surface area contributed by atoms with Gasteiger partial charge in [0.1, 0.15) is 5.82 Å². The Bertz CT molecular complexity index is 696. The van der Waals surface area contributed by atoms with E-state index in [2.05, 4.69) is 22.4 Å². The molecule has 0 radical (unpaired) electrons. The summed E-state index contributed by atoms with van der Waals surface area (Å²) in [5.41, 5.74) is 5.35. The van der Waals surface area contributed by atoms with E-state index in [9.17, 15) is 4.79 Å². The van der Waals surface area contributed by atoms with Crippen LogP contribution in [-0.2, 0) is 31.7 Å². The molecule has 0 saturated carbocycles. The molecule has 0 bridgehead atoms. The Morgan fingerprint density at radius 1 is 1.14 bits per heavy atom. The number of aryl methyl sites for hydroxylation is 4. The minimum absolute atomic E-state index is 0.0106. The third-order valence-corrected chi connectivity index (χ3v) is 4.24. The Balaban J connectivity index is 2.03. The molecule has 0 aliphatic carbocycles. The number of nitrogens with zero attached hydrogens (tertiary/aromatic N) is 4. The van der Waals surface area contributed by atoms with Gasteiger partial charge in [-0.25, -0.2) is 0 Å². The zero-order chi connectivity index (χ0) is 16.4. The molecule has 2 rings (SSSR count). The first-order valence-electron chi connectivity index (χ1n) is 7.66. The van der Waals surface area contributed by atoms with Crippen molar-refractivity contribution >= 4 is 11.7 Å². The standard InChI is InChI=1S/C16H25N5O/c1-7-14-10(2)16(21(6)19-14)17-15(22)9-8-13-11(3)18-20(5)12(13)4/h7-9H2,1-6H3,(H,17,22). The van der Waals surface area contributed by atoms with Crippen molar-refractivity contribution in [2.45, 2.75) is 47.0 Å². The van der Waals surface area contributed by atoms with Gasteiger partial charge in [0.2, 0.25) is 5.91 Å². The number of rotatable bonds is 5. The van der Waals surface area contributed by atoms with Crippen LogP contribution in [0.2, 0.25) is 0 Å². The van der Waals surface area contributed by atoms with Crippen LogP contribution in [0.3, 0.4) is 0 Å². The molecule has 2 heterocycles. The maximum absolute atomic E-state index is 12.2. The molecule has 1 N–H and O–H groups in total. The fourth-order valence-corrected chi connectivity index (χ4v) is 2.81. The number of carbonyl (C=O) groups is 1. The number of amides is 1. The zero-order valence-electron chi connectivity index (χ0n) is 14.3. The van der Waals surface area contributed by atoms with Gasteiger partial charge in [-0.3, -0.25) is 14.2 Å². The van der Waals surface area contributed by atoms with Gasteiger partial charge in [0, 0.05) is 31.8 Å². The fourth-order valence-electron chi connectivity index (χ4n) is 2.81. The molecule has 0 aliphatic heterocycles. The SMILES string of the molecule is CCc1nn(C)c(NC(=O)CCc2c(C)nn(C)c2C)c1C. The number of anilines is 1. The van der Waals surface area contributed by atoms with E-state index < -0.39 is 0 Å². The summed E-state index contributed by atoms with van der Waals surface area (Å²) in [5.74, 6) is 0.804. The van der Waals surface area contributed by atoms with Crippen molar-refractivity contribution in [2.75, 3.05) is 5.32 Å². The molecule has 2 aromatic rings. The fraction of sp³-hybridized carbons (Fsp3) is 0.562. The van der Waals surface area contributed by atoms with Gasteiger partial charge >= 0.3 is 0 Å². The lowest BCUT2D eigenvalue weighted by molar-refractivity contribution is -0.116. The van der Waals surface area contributed by atoms with E-state index in [0.717, 1.165) is 40.4 Å². The van der Waals surface area contributed by atoms with E-state index >= 15 is 0 Å². The first-order chi connectivity index (χ1) is 10.3. The molecule has 0 saturated heterocycles. The van der Waals surface area contributed by atoms with Gasteiger partial charge in [-0.15, -0.1) is 0 Å². The smallest absolute Gasteiger partial charge is 0.225 e. The summed E-state index contributed by atoms with van der Waals surface area (Å²) in [4.78, 5) is 12.2. The van der Waals surface area contributed by atoms with Crippen LogP contribution in [0.1, 0.15) is 41.6 Å². The summed E-state index contributed by atoms with van der Waals surface area (Å²) >= 11 is 0. The average molecular weight is 303 g/mol. The maximum Gasteiger partial charge on any atom is 0.225 e. The Morgan fingerprint density at radius 2 is 1.82 bits per heavy atom. The van der Waals surface area contributed by atoms with Crippen LogP contribution >= 0.6 is 0 Å². The van der Waals surface area contributed by atoms with E-state index in [4.69, 9.17) is 0 Å². The Morgan fingerprint density at radius 3 is 2.32 bits per heavy atom. The Labute approximate surface area is 131 Å². The number of hydrogen-bond acceptors (Lipinski definition) is 3. The monoisotopic (exact) mass is 303 g/mol. The molecule has 120 valence electrons. The van der Waals surface area contributed by atoms with Gasteiger partial charge in [0.25, 0.3) is 0 Å². The Hall–Kier alpha value is -2.11. The molecular weight excluding hydrogens is 278 g/mol. The lowest BCUT2D eigenvalue weighted by Crippen LogP contribution is -2.16. The Kier molecular flexibility index (Phi) is 4.68. The van der Waals surface area contributed by atoms with E-state index in [1.54, 1.807) is 4.68 Å². The van der Waals surface area contributed by atoms with Gasteiger partial charge in [-0.1, -0.05) is 6.92 Å². The molecule has 0 spiro atoms. The van der Waals surface area contributed by atoms with Crippen LogP contribution < -0.4 is 5.32 Å². The van der Waals surface area contributed by atoms with Crippen molar-refractivity contribution in [3.05, 3.63) is 28.2 Å². The van der Waals surface area contributed by atoms with Crippen LogP contribution in [0.5, 0.6) is 0 Å². The van der Waals surface area contributed by atoms with Crippen molar-refractivity contribution < 1.29 is 4.79 Å². The minimum atomic E-state index is 0.0106. The van der Waals surface area contributed by atoms with Crippen LogP contribution in [-0.4, -0.2) is 25.5 Å². The summed E-state index contributed by atoms with van der Waals surface area (Å²) in [6.45, 7) is 8.08. The highest BCUT2D eigenvalue weighted by Crippen LogP contribution is 2.19. The zero-order valence-corrected chi connectivity index (χ0v) is 14.3. The minimum Gasteiger partial charge on any atom is -0.311 e. The molecule has 0 aliphatic rings. The first-order valence-corrected chi connectivity index (χ1v) is 7.66. The molecule has 0 unspecified atom stereocenters. The molecule has 0 fully saturated rings. The van der Waals surface area contributed by atoms with E-state index in [1.807, 2.05) is 39.5 Å². The van der Waals surface area contributed by atoms with Crippen molar-refractivity contribution in [2.24, 2.45) is 14.1 Å². The highest BCUT2D eigenvalue weighted by Gasteiger charge is 2.15. The topological polar surface area (TPSA) is 64.7 Å². The van der Waals surface area contributed by atoms with Gasteiger partial charge in [-0.2, -0.15) is 10.2 Å². The predicted molar refractivity (Wildman–Crippen MR) is 87.0 cm³/mol. The second-order valence-electron chi connectivity index (χ2n) is 5.72. The predicted octanol–water partition coefficient (Wildman–Crippen LogP) is 2.21. The summed E-state index contributed by atoms with van der Waals surface area (Å²) in [5, 5.41) is 11.8. The highest BCUT2D eigenvalue weighted by atomic mass is 16.1. The number of aromatic nitrogens is 4. The molecule has 6 heteroatoms. The molecule has 6 nitrogen and oxygen atoms in total. The third kappa shape index (κ3) is 3.05. The second-order valence-corrected chi connectivity index (χ2v) is 5.72. The van der Waals surface area contributed by atoms with Crippen LogP contribution in [0.25, 0.3) is 0 Å². The summed E-state index contributed by atoms with van der Waals surface area (Å²) in [6.07, 6.45) is 2.01. The van der Waals surface area contributed by atoms with Crippen LogP contribution in [0, 0.1) is 20.8 Å². The number of hydrogen-bond donors (Lipinski definition) is 1. The molecule has 1 amide bonds. The molecular formula is C16H25N5O. The van der Waals surface area contributed by atoms with Gasteiger partial charge in [0.15, 0.2) is 0 Å². The second kappa shape index (κ2) is 6.34. The quantitative estimate of drug-likeness (QED) is 0.921. The average Bonchev–Trinajstić information content (AvgIpc) is 2.87. The van der Waals surface area contributed by atoms with E-state index in [-0.39, 0.29) is 5.91 Å². The van der Waals surface area contributed by atoms with E-state index in [1.165, 1.54) is 0 Å². The van der Waals surface area contributed by atoms with Crippen molar-refractivity contribution in [1.82, 2.24) is 19.6 Å². The lowest BCUT2D eigenvalue weighted by atomic mass is 10.1.